The highest BCUT2D eigenvalue weighted by Crippen LogP contribution is 2.33. The number of hydrogen-bond acceptors (Lipinski definition) is 6. The molecule has 0 spiro atoms. The van der Waals surface area contributed by atoms with Crippen molar-refractivity contribution in [2.24, 2.45) is 0 Å². The molecule has 0 bridgehead atoms. The summed E-state index contributed by atoms with van der Waals surface area (Å²) in [5, 5.41) is 0.808. The van der Waals surface area contributed by atoms with Gasteiger partial charge in [-0.3, -0.25) is 4.79 Å². The fourth-order valence-electron chi connectivity index (χ4n) is 3.69. The number of rotatable bonds is 4. The lowest BCUT2D eigenvalue weighted by atomic mass is 10.0. The Kier molecular flexibility index (Phi) is 5.55. The first-order valence-electron chi connectivity index (χ1n) is 9.91. The maximum absolute atomic E-state index is 12.7. The number of piperazine rings is 1. The summed E-state index contributed by atoms with van der Waals surface area (Å²) < 4.78 is 25.0. The van der Waals surface area contributed by atoms with Crippen molar-refractivity contribution < 1.29 is 13.2 Å². The number of carbonyl (C=O) groups excluding carboxylic acids is 1. The number of hydrogen-bond donors (Lipinski definition) is 0. The maximum atomic E-state index is 12.7. The molecular formula is C22H25N3O3S2. The molecule has 8 heteroatoms. The molecule has 158 valence electrons. The molecule has 1 aromatic heterocycles. The van der Waals surface area contributed by atoms with Crippen LogP contribution in [0.3, 0.4) is 0 Å². The second-order valence-electron chi connectivity index (χ2n) is 7.83. The van der Waals surface area contributed by atoms with Gasteiger partial charge in [0.1, 0.15) is 5.52 Å². The number of thiazole rings is 1. The highest BCUT2D eigenvalue weighted by Gasteiger charge is 2.24. The molecule has 2 aromatic carbocycles. The van der Waals surface area contributed by atoms with Gasteiger partial charge in [-0.1, -0.05) is 35.6 Å². The van der Waals surface area contributed by atoms with E-state index in [0.717, 1.165) is 15.4 Å². The van der Waals surface area contributed by atoms with Gasteiger partial charge in [-0.25, -0.2) is 13.4 Å². The molecular weight excluding hydrogens is 418 g/mol. The first kappa shape index (κ1) is 20.8. The Morgan fingerprint density at radius 3 is 2.47 bits per heavy atom. The summed E-state index contributed by atoms with van der Waals surface area (Å²) in [6, 6.07) is 11.4. The number of fused-ring (bicyclic) bond motifs is 1. The van der Waals surface area contributed by atoms with Crippen LogP contribution in [0.2, 0.25) is 0 Å². The van der Waals surface area contributed by atoms with Gasteiger partial charge in [0.15, 0.2) is 15.0 Å². The number of aromatic nitrogens is 1. The van der Waals surface area contributed by atoms with Gasteiger partial charge in [-0.05, 0) is 42.7 Å². The predicted octanol–water partition coefficient (Wildman–Crippen LogP) is 3.21. The van der Waals surface area contributed by atoms with Crippen molar-refractivity contribution in [1.29, 1.82) is 0 Å². The van der Waals surface area contributed by atoms with Crippen LogP contribution < -0.4 is 4.90 Å². The van der Waals surface area contributed by atoms with E-state index in [-0.39, 0.29) is 10.8 Å². The van der Waals surface area contributed by atoms with E-state index in [1.165, 1.54) is 28.7 Å². The first-order valence-corrected chi connectivity index (χ1v) is 12.6. The minimum atomic E-state index is -3.33. The number of carbonyl (C=O) groups is 1. The molecule has 3 aromatic rings. The highest BCUT2D eigenvalue weighted by molar-refractivity contribution is 7.91. The lowest BCUT2D eigenvalue weighted by Gasteiger charge is -2.34. The van der Waals surface area contributed by atoms with E-state index in [2.05, 4.69) is 35.9 Å². The van der Waals surface area contributed by atoms with Crippen molar-refractivity contribution in [2.45, 2.75) is 25.2 Å². The van der Waals surface area contributed by atoms with Crippen LogP contribution in [0.5, 0.6) is 0 Å². The Labute approximate surface area is 181 Å². The monoisotopic (exact) mass is 443 g/mol. The summed E-state index contributed by atoms with van der Waals surface area (Å²) in [5.74, 6) is 0.140. The van der Waals surface area contributed by atoms with Crippen molar-refractivity contribution in [3.05, 3.63) is 53.1 Å². The molecule has 0 saturated carbocycles. The lowest BCUT2D eigenvalue weighted by molar-refractivity contribution is -0.130. The largest absolute Gasteiger partial charge is 0.345 e. The quantitative estimate of drug-likeness (QED) is 0.619. The molecule has 4 rings (SSSR count). The van der Waals surface area contributed by atoms with Gasteiger partial charge in [0.05, 0.1) is 16.0 Å². The third-order valence-electron chi connectivity index (χ3n) is 5.60. The van der Waals surface area contributed by atoms with Crippen molar-refractivity contribution >= 4 is 42.4 Å². The molecule has 1 aliphatic rings. The minimum Gasteiger partial charge on any atom is -0.345 e. The van der Waals surface area contributed by atoms with E-state index in [9.17, 15) is 13.2 Å². The topological polar surface area (TPSA) is 70.6 Å². The second-order valence-corrected chi connectivity index (χ2v) is 10.8. The van der Waals surface area contributed by atoms with E-state index in [1.54, 1.807) is 12.1 Å². The van der Waals surface area contributed by atoms with E-state index < -0.39 is 9.84 Å². The van der Waals surface area contributed by atoms with Crippen LogP contribution in [0.25, 0.3) is 10.2 Å². The number of para-hydroxylation sites is 1. The number of benzene rings is 2. The lowest BCUT2D eigenvalue weighted by Crippen LogP contribution is -2.49. The van der Waals surface area contributed by atoms with Gasteiger partial charge in [-0.2, -0.15) is 0 Å². The standard InChI is InChI=1S/C22H25N3O3S2/c1-15-7-8-17(13-16(15)2)14-20(26)24-9-11-25(12-10-24)22-23-21-18(29-22)5-4-6-19(21)30(3,27)28/h4-8,13H,9-12,14H2,1-3H3. The normalized spacial score (nSPS) is 15.0. The van der Waals surface area contributed by atoms with Crippen molar-refractivity contribution in [3.63, 3.8) is 0 Å². The molecule has 1 aliphatic heterocycles. The molecule has 6 nitrogen and oxygen atoms in total. The Morgan fingerprint density at radius 1 is 1.07 bits per heavy atom. The zero-order valence-electron chi connectivity index (χ0n) is 17.4. The van der Waals surface area contributed by atoms with Crippen LogP contribution in [0.4, 0.5) is 5.13 Å². The Hall–Kier alpha value is -2.45. The van der Waals surface area contributed by atoms with E-state index >= 15 is 0 Å². The van der Waals surface area contributed by atoms with Crippen LogP contribution in [-0.2, 0) is 21.1 Å². The number of sulfone groups is 1. The van der Waals surface area contributed by atoms with Crippen LogP contribution in [-0.4, -0.2) is 56.6 Å². The van der Waals surface area contributed by atoms with Crippen molar-refractivity contribution in [3.8, 4) is 0 Å². The van der Waals surface area contributed by atoms with Gasteiger partial charge in [0.25, 0.3) is 0 Å². The Morgan fingerprint density at radius 2 is 1.80 bits per heavy atom. The fourth-order valence-corrected chi connectivity index (χ4v) is 5.63. The predicted molar refractivity (Wildman–Crippen MR) is 121 cm³/mol. The van der Waals surface area contributed by atoms with Crippen LogP contribution >= 0.6 is 11.3 Å². The maximum Gasteiger partial charge on any atom is 0.227 e. The molecule has 2 heterocycles. The average molecular weight is 444 g/mol. The van der Waals surface area contributed by atoms with Gasteiger partial charge in [0, 0.05) is 32.4 Å². The smallest absolute Gasteiger partial charge is 0.227 e. The molecule has 1 fully saturated rings. The van der Waals surface area contributed by atoms with E-state index in [1.807, 2.05) is 17.0 Å². The fraction of sp³-hybridized carbons (Fsp3) is 0.364. The van der Waals surface area contributed by atoms with Crippen LogP contribution in [0.1, 0.15) is 16.7 Å². The molecule has 0 atom stereocenters. The summed E-state index contributed by atoms with van der Waals surface area (Å²) in [6.07, 6.45) is 1.63. The first-order chi connectivity index (χ1) is 14.2. The van der Waals surface area contributed by atoms with Gasteiger partial charge >= 0.3 is 0 Å². The van der Waals surface area contributed by atoms with E-state index in [0.29, 0.717) is 38.1 Å². The number of anilines is 1. The van der Waals surface area contributed by atoms with Crippen LogP contribution in [0.15, 0.2) is 41.3 Å². The molecule has 1 saturated heterocycles. The zero-order valence-corrected chi connectivity index (χ0v) is 19.0. The highest BCUT2D eigenvalue weighted by atomic mass is 32.2. The molecule has 0 aliphatic carbocycles. The molecule has 30 heavy (non-hydrogen) atoms. The van der Waals surface area contributed by atoms with Crippen molar-refractivity contribution in [2.75, 3.05) is 37.3 Å². The minimum absolute atomic E-state index is 0.140. The summed E-state index contributed by atoms with van der Waals surface area (Å²) in [4.78, 5) is 21.7. The third kappa shape index (κ3) is 4.20. The molecule has 0 N–H and O–H groups in total. The second kappa shape index (κ2) is 8.00. The number of aryl methyl sites for hydroxylation is 2. The summed E-state index contributed by atoms with van der Waals surface area (Å²) in [6.45, 7) is 6.78. The molecule has 0 radical (unpaired) electrons. The van der Waals surface area contributed by atoms with Gasteiger partial charge in [0.2, 0.25) is 5.91 Å². The Bertz CT molecular complexity index is 1210. The average Bonchev–Trinajstić information content (AvgIpc) is 3.14. The van der Waals surface area contributed by atoms with E-state index in [4.69, 9.17) is 0 Å². The number of nitrogens with zero attached hydrogens (tertiary/aromatic N) is 3. The zero-order chi connectivity index (χ0) is 21.5. The van der Waals surface area contributed by atoms with Crippen molar-refractivity contribution in [1.82, 2.24) is 9.88 Å². The molecule has 1 amide bonds. The summed E-state index contributed by atoms with van der Waals surface area (Å²) in [7, 11) is -3.33. The van der Waals surface area contributed by atoms with Crippen LogP contribution in [0, 0.1) is 13.8 Å². The summed E-state index contributed by atoms with van der Waals surface area (Å²) in [5.41, 5.74) is 4.02. The SMILES string of the molecule is Cc1ccc(CC(=O)N2CCN(c3nc4c(S(C)(=O)=O)cccc4s3)CC2)cc1C. The third-order valence-corrected chi connectivity index (χ3v) is 7.81. The Balaban J connectivity index is 1.44. The number of amides is 1. The summed E-state index contributed by atoms with van der Waals surface area (Å²) >= 11 is 1.50. The molecule has 0 unspecified atom stereocenters. The van der Waals surface area contributed by atoms with Gasteiger partial charge in [-0.15, -0.1) is 0 Å². The van der Waals surface area contributed by atoms with Gasteiger partial charge < -0.3 is 9.80 Å².